The van der Waals surface area contributed by atoms with Gasteiger partial charge in [-0.25, -0.2) is 0 Å². The average Bonchev–Trinajstić information content (AvgIpc) is 2.04. The minimum Gasteiger partial charge on any atom is -0.402 e. The van der Waals surface area contributed by atoms with Crippen molar-refractivity contribution in [2.75, 3.05) is 0 Å². The van der Waals surface area contributed by atoms with Crippen LogP contribution in [-0.2, 0) is 0 Å². The van der Waals surface area contributed by atoms with Crippen molar-refractivity contribution in [2.24, 2.45) is 16.6 Å². The molecule has 66 valence electrons. The number of nitrogens with two attached hydrogens (primary N) is 1. The van der Waals surface area contributed by atoms with Crippen molar-refractivity contribution in [3.63, 3.8) is 0 Å². The van der Waals surface area contributed by atoms with Crippen molar-refractivity contribution >= 4 is 5.71 Å². The monoisotopic (exact) mass is 164 g/mol. The summed E-state index contributed by atoms with van der Waals surface area (Å²) >= 11 is 0. The Bertz CT molecular complexity index is 240. The Labute approximate surface area is 73.6 Å². The van der Waals surface area contributed by atoms with Crippen LogP contribution in [0.4, 0.5) is 0 Å². The number of hydrogen-bond acceptors (Lipinski definition) is 2. The molecule has 1 aliphatic heterocycles. The molecule has 1 aliphatic carbocycles. The predicted octanol–water partition coefficient (Wildman–Crippen LogP) is 1.86. The fourth-order valence-corrected chi connectivity index (χ4v) is 2.30. The molecule has 2 aliphatic rings. The zero-order valence-electron chi connectivity index (χ0n) is 7.59. The van der Waals surface area contributed by atoms with E-state index in [-0.39, 0.29) is 0 Å². The van der Waals surface area contributed by atoms with E-state index in [0.29, 0.717) is 12.0 Å². The average molecular weight is 164 g/mol. The van der Waals surface area contributed by atoms with Gasteiger partial charge in [-0.05, 0) is 25.8 Å². The lowest BCUT2D eigenvalue weighted by Gasteiger charge is -2.32. The number of hydrogen-bond donors (Lipinski definition) is 1. The molecule has 2 nitrogen and oxygen atoms in total. The Morgan fingerprint density at radius 2 is 2.17 bits per heavy atom. The molecule has 2 rings (SSSR count). The topological polar surface area (TPSA) is 38.4 Å². The van der Waals surface area contributed by atoms with Gasteiger partial charge in [0.05, 0.1) is 6.04 Å². The molecule has 0 spiro atoms. The normalized spacial score (nSPS) is 35.1. The van der Waals surface area contributed by atoms with Crippen LogP contribution in [0.25, 0.3) is 0 Å². The Kier molecular flexibility index (Phi) is 1.91. The predicted molar refractivity (Wildman–Crippen MR) is 51.1 cm³/mol. The molecule has 0 bridgehead atoms. The third-order valence-corrected chi connectivity index (χ3v) is 2.90. The highest BCUT2D eigenvalue weighted by molar-refractivity contribution is 5.94. The maximum Gasteiger partial charge on any atom is 0.0585 e. The van der Waals surface area contributed by atoms with E-state index in [1.54, 1.807) is 0 Å². The van der Waals surface area contributed by atoms with E-state index in [1.165, 1.54) is 25.7 Å². The van der Waals surface area contributed by atoms with E-state index in [0.717, 1.165) is 11.4 Å². The Balaban J connectivity index is 2.21. The molecular weight excluding hydrogens is 148 g/mol. The molecule has 0 radical (unpaired) electrons. The van der Waals surface area contributed by atoms with Crippen molar-refractivity contribution < 1.29 is 0 Å². The van der Waals surface area contributed by atoms with Gasteiger partial charge in [-0.15, -0.1) is 0 Å². The number of aliphatic imine (C=N–C) groups is 1. The van der Waals surface area contributed by atoms with Crippen LogP contribution in [0.3, 0.4) is 0 Å². The van der Waals surface area contributed by atoms with Crippen LogP contribution < -0.4 is 5.73 Å². The van der Waals surface area contributed by atoms with Gasteiger partial charge in [0, 0.05) is 17.3 Å². The summed E-state index contributed by atoms with van der Waals surface area (Å²) in [5.41, 5.74) is 8.13. The van der Waals surface area contributed by atoms with Crippen LogP contribution in [-0.4, -0.2) is 11.8 Å². The molecule has 2 N–H and O–H groups in total. The summed E-state index contributed by atoms with van der Waals surface area (Å²) in [7, 11) is 0. The van der Waals surface area contributed by atoms with Crippen molar-refractivity contribution in [2.45, 2.75) is 38.6 Å². The third kappa shape index (κ3) is 1.26. The molecule has 2 atom stereocenters. The molecule has 2 heteroatoms. The molecule has 1 heterocycles. The molecular formula is C10H16N2. The minimum atomic E-state index is 0.503. The standard InChI is InChI=1S/C10H16N2/c1-7-6-9(11)8-4-2-3-5-10(8)12-7/h6,8,10H,2-5,11H2,1H3. The summed E-state index contributed by atoms with van der Waals surface area (Å²) in [6.07, 6.45) is 7.16. The van der Waals surface area contributed by atoms with Crippen molar-refractivity contribution in [3.8, 4) is 0 Å². The summed E-state index contributed by atoms with van der Waals surface area (Å²) in [5, 5.41) is 0. The van der Waals surface area contributed by atoms with Gasteiger partial charge >= 0.3 is 0 Å². The lowest BCUT2D eigenvalue weighted by atomic mass is 9.81. The fourth-order valence-electron chi connectivity index (χ4n) is 2.30. The highest BCUT2D eigenvalue weighted by Gasteiger charge is 2.28. The molecule has 2 unspecified atom stereocenters. The highest BCUT2D eigenvalue weighted by Crippen LogP contribution is 2.32. The number of allylic oxidation sites excluding steroid dienone is 1. The highest BCUT2D eigenvalue weighted by atomic mass is 14.8. The van der Waals surface area contributed by atoms with E-state index in [9.17, 15) is 0 Å². The fraction of sp³-hybridized carbons (Fsp3) is 0.700. The second-order valence-electron chi connectivity index (χ2n) is 3.87. The van der Waals surface area contributed by atoms with E-state index >= 15 is 0 Å². The van der Waals surface area contributed by atoms with Gasteiger partial charge in [0.1, 0.15) is 0 Å². The van der Waals surface area contributed by atoms with Gasteiger partial charge in [-0.3, -0.25) is 4.99 Å². The minimum absolute atomic E-state index is 0.503. The lowest BCUT2D eigenvalue weighted by molar-refractivity contribution is 0.344. The summed E-state index contributed by atoms with van der Waals surface area (Å²) in [5.74, 6) is 0.558. The first kappa shape index (κ1) is 7.84. The Morgan fingerprint density at radius 3 is 3.00 bits per heavy atom. The second kappa shape index (κ2) is 2.92. The van der Waals surface area contributed by atoms with Gasteiger partial charge < -0.3 is 5.73 Å². The maximum absolute atomic E-state index is 5.96. The molecule has 1 fully saturated rings. The Hall–Kier alpha value is -0.790. The number of rotatable bonds is 0. The molecule has 0 saturated heterocycles. The van der Waals surface area contributed by atoms with Gasteiger partial charge in [0.15, 0.2) is 0 Å². The summed E-state index contributed by atoms with van der Waals surface area (Å²) in [6, 6.07) is 0.503. The second-order valence-corrected chi connectivity index (χ2v) is 3.87. The first-order chi connectivity index (χ1) is 5.77. The van der Waals surface area contributed by atoms with Gasteiger partial charge in [-0.2, -0.15) is 0 Å². The van der Waals surface area contributed by atoms with Crippen LogP contribution in [0.15, 0.2) is 16.8 Å². The molecule has 1 saturated carbocycles. The molecule has 12 heavy (non-hydrogen) atoms. The van der Waals surface area contributed by atoms with Gasteiger partial charge in [0.2, 0.25) is 0 Å². The zero-order valence-corrected chi connectivity index (χ0v) is 7.59. The van der Waals surface area contributed by atoms with Crippen LogP contribution in [0.2, 0.25) is 0 Å². The first-order valence-electron chi connectivity index (χ1n) is 4.79. The van der Waals surface area contributed by atoms with Crippen molar-refractivity contribution in [1.29, 1.82) is 0 Å². The number of dihydropyridines is 1. The van der Waals surface area contributed by atoms with E-state index < -0.39 is 0 Å². The summed E-state index contributed by atoms with van der Waals surface area (Å²) in [4.78, 5) is 4.61. The van der Waals surface area contributed by atoms with Crippen LogP contribution in [0, 0.1) is 5.92 Å². The van der Waals surface area contributed by atoms with Gasteiger partial charge in [0.25, 0.3) is 0 Å². The number of nitrogens with zero attached hydrogens (tertiary/aromatic N) is 1. The zero-order chi connectivity index (χ0) is 8.55. The van der Waals surface area contributed by atoms with Gasteiger partial charge in [-0.1, -0.05) is 12.8 Å². The Morgan fingerprint density at radius 1 is 1.42 bits per heavy atom. The quantitative estimate of drug-likeness (QED) is 0.583. The molecule has 0 aromatic heterocycles. The van der Waals surface area contributed by atoms with Crippen LogP contribution in [0.1, 0.15) is 32.6 Å². The first-order valence-corrected chi connectivity index (χ1v) is 4.79. The van der Waals surface area contributed by atoms with Crippen molar-refractivity contribution in [3.05, 3.63) is 11.8 Å². The number of fused-ring (bicyclic) bond motifs is 1. The molecule has 0 amide bonds. The van der Waals surface area contributed by atoms with Crippen LogP contribution >= 0.6 is 0 Å². The smallest absolute Gasteiger partial charge is 0.0585 e. The largest absolute Gasteiger partial charge is 0.402 e. The van der Waals surface area contributed by atoms with E-state index in [2.05, 4.69) is 4.99 Å². The maximum atomic E-state index is 5.96. The summed E-state index contributed by atoms with van der Waals surface area (Å²) < 4.78 is 0. The van der Waals surface area contributed by atoms with Crippen LogP contribution in [0.5, 0.6) is 0 Å². The molecule has 0 aromatic rings. The van der Waals surface area contributed by atoms with E-state index in [1.807, 2.05) is 13.0 Å². The van der Waals surface area contributed by atoms with Crippen molar-refractivity contribution in [1.82, 2.24) is 0 Å². The summed E-state index contributed by atoms with van der Waals surface area (Å²) in [6.45, 7) is 2.04. The molecule has 0 aromatic carbocycles. The SMILES string of the molecule is CC1=NC2CCCCC2C(N)=C1. The van der Waals surface area contributed by atoms with E-state index in [4.69, 9.17) is 5.73 Å². The lowest BCUT2D eigenvalue weighted by Crippen LogP contribution is -2.31. The third-order valence-electron chi connectivity index (χ3n) is 2.90.